The van der Waals surface area contributed by atoms with Crippen molar-refractivity contribution in [1.29, 1.82) is 0 Å². The molecule has 2 atom stereocenters. The number of benzene rings is 2. The first kappa shape index (κ1) is 21.9. The lowest BCUT2D eigenvalue weighted by molar-refractivity contribution is 0.0774. The number of nitrogens with one attached hydrogen (secondary N) is 2. The highest BCUT2D eigenvalue weighted by Gasteiger charge is 2.18. The summed E-state index contributed by atoms with van der Waals surface area (Å²) in [5, 5.41) is 24.3. The van der Waals surface area contributed by atoms with E-state index in [2.05, 4.69) is 10.3 Å². The summed E-state index contributed by atoms with van der Waals surface area (Å²) in [4.78, 5) is 17.9. The Morgan fingerprint density at radius 3 is 2.50 bits per heavy atom. The first-order valence-corrected chi connectivity index (χ1v) is 10.5. The van der Waals surface area contributed by atoms with Crippen molar-refractivity contribution in [3.05, 3.63) is 65.4 Å². The molecule has 0 bridgehead atoms. The standard InChI is InChI=1S/C24H31N3O3/c1-4-27(5-2)24(30)21-8-6-7-20-18(15-26-22(20)21)13-14-25-16(3)23(29)17-9-11-19(28)12-10-17/h6-12,15-16,23,25-26,28-29H,4-5,13-14H2,1-3H3. The molecule has 3 rings (SSSR count). The zero-order valence-electron chi connectivity index (χ0n) is 17.9. The molecule has 0 radical (unpaired) electrons. The van der Waals surface area contributed by atoms with E-state index in [0.717, 1.165) is 28.5 Å². The number of carbonyl (C=O) groups excluding carboxylic acids is 1. The summed E-state index contributed by atoms with van der Waals surface area (Å²) in [5.41, 5.74) is 3.48. The number of carbonyl (C=O) groups is 1. The molecule has 0 spiro atoms. The summed E-state index contributed by atoms with van der Waals surface area (Å²) in [7, 11) is 0. The maximum Gasteiger partial charge on any atom is 0.255 e. The molecule has 3 aromatic rings. The van der Waals surface area contributed by atoms with Gasteiger partial charge in [0.1, 0.15) is 5.75 Å². The molecule has 2 aromatic carbocycles. The molecule has 1 heterocycles. The molecule has 160 valence electrons. The van der Waals surface area contributed by atoms with Crippen LogP contribution >= 0.6 is 0 Å². The molecule has 1 amide bonds. The Balaban J connectivity index is 1.66. The minimum Gasteiger partial charge on any atom is -0.508 e. The number of aromatic nitrogens is 1. The summed E-state index contributed by atoms with van der Waals surface area (Å²) < 4.78 is 0. The molecule has 0 saturated heterocycles. The average molecular weight is 410 g/mol. The number of phenols is 1. The Kier molecular flexibility index (Phi) is 7.13. The van der Waals surface area contributed by atoms with Crippen LogP contribution in [0.5, 0.6) is 5.75 Å². The van der Waals surface area contributed by atoms with Crippen LogP contribution in [0.15, 0.2) is 48.7 Å². The second-order valence-corrected chi connectivity index (χ2v) is 7.55. The number of hydrogen-bond donors (Lipinski definition) is 4. The highest BCUT2D eigenvalue weighted by atomic mass is 16.3. The van der Waals surface area contributed by atoms with Crippen molar-refractivity contribution in [3.63, 3.8) is 0 Å². The van der Waals surface area contributed by atoms with E-state index in [9.17, 15) is 15.0 Å². The van der Waals surface area contributed by atoms with E-state index in [1.165, 1.54) is 0 Å². The van der Waals surface area contributed by atoms with Gasteiger partial charge in [-0.05, 0) is 63.1 Å². The van der Waals surface area contributed by atoms with Gasteiger partial charge in [0.05, 0.1) is 17.2 Å². The Morgan fingerprint density at radius 2 is 1.83 bits per heavy atom. The second kappa shape index (κ2) is 9.78. The minimum atomic E-state index is -0.660. The first-order chi connectivity index (χ1) is 14.5. The van der Waals surface area contributed by atoms with Crippen molar-refractivity contribution in [2.45, 2.75) is 39.3 Å². The lowest BCUT2D eigenvalue weighted by Gasteiger charge is -2.20. The molecule has 2 unspecified atom stereocenters. The molecule has 30 heavy (non-hydrogen) atoms. The molecule has 6 nitrogen and oxygen atoms in total. The van der Waals surface area contributed by atoms with Crippen LogP contribution in [0, 0.1) is 0 Å². The third-order valence-corrected chi connectivity index (χ3v) is 5.65. The third kappa shape index (κ3) is 4.66. The topological polar surface area (TPSA) is 88.6 Å². The number of para-hydroxylation sites is 1. The third-order valence-electron chi connectivity index (χ3n) is 5.65. The van der Waals surface area contributed by atoms with E-state index < -0.39 is 6.10 Å². The van der Waals surface area contributed by atoms with Crippen LogP contribution in [0.3, 0.4) is 0 Å². The average Bonchev–Trinajstić information content (AvgIpc) is 3.17. The van der Waals surface area contributed by atoms with Gasteiger partial charge < -0.3 is 25.4 Å². The lowest BCUT2D eigenvalue weighted by atomic mass is 10.0. The van der Waals surface area contributed by atoms with Gasteiger partial charge in [-0.2, -0.15) is 0 Å². The van der Waals surface area contributed by atoms with E-state index in [1.54, 1.807) is 24.3 Å². The SMILES string of the molecule is CCN(CC)C(=O)c1cccc2c(CCNC(C)C(O)c3ccc(O)cc3)c[nH]c12. The van der Waals surface area contributed by atoms with Gasteiger partial charge in [-0.3, -0.25) is 4.79 Å². The zero-order chi connectivity index (χ0) is 21.7. The van der Waals surface area contributed by atoms with Crippen molar-refractivity contribution in [2.75, 3.05) is 19.6 Å². The predicted molar refractivity (Wildman–Crippen MR) is 120 cm³/mol. The highest BCUT2D eigenvalue weighted by molar-refractivity contribution is 6.06. The molecular weight excluding hydrogens is 378 g/mol. The van der Waals surface area contributed by atoms with Crippen LogP contribution < -0.4 is 5.32 Å². The lowest BCUT2D eigenvalue weighted by Crippen LogP contribution is -2.33. The van der Waals surface area contributed by atoms with Gasteiger partial charge in [0.15, 0.2) is 0 Å². The van der Waals surface area contributed by atoms with E-state index in [-0.39, 0.29) is 17.7 Å². The van der Waals surface area contributed by atoms with Crippen LogP contribution in [-0.2, 0) is 6.42 Å². The molecule has 4 N–H and O–H groups in total. The first-order valence-electron chi connectivity index (χ1n) is 10.5. The number of aromatic hydroxyl groups is 1. The molecule has 0 aliphatic carbocycles. The molecule has 6 heteroatoms. The summed E-state index contributed by atoms with van der Waals surface area (Å²) >= 11 is 0. The summed E-state index contributed by atoms with van der Waals surface area (Å²) in [6.07, 6.45) is 2.08. The normalized spacial score (nSPS) is 13.3. The fraction of sp³-hybridized carbons (Fsp3) is 0.375. The van der Waals surface area contributed by atoms with Gasteiger partial charge in [0.25, 0.3) is 5.91 Å². The smallest absolute Gasteiger partial charge is 0.255 e. The monoisotopic (exact) mass is 409 g/mol. The van der Waals surface area contributed by atoms with Crippen LogP contribution in [0.2, 0.25) is 0 Å². The molecule has 0 fully saturated rings. The number of aliphatic hydroxyl groups excluding tert-OH is 1. The van der Waals surface area contributed by atoms with Crippen molar-refractivity contribution in [2.24, 2.45) is 0 Å². The van der Waals surface area contributed by atoms with Gasteiger partial charge >= 0.3 is 0 Å². The number of hydrogen-bond acceptors (Lipinski definition) is 4. The van der Waals surface area contributed by atoms with Crippen molar-refractivity contribution < 1.29 is 15.0 Å². The van der Waals surface area contributed by atoms with E-state index in [0.29, 0.717) is 25.2 Å². The van der Waals surface area contributed by atoms with Gasteiger partial charge in [-0.25, -0.2) is 0 Å². The van der Waals surface area contributed by atoms with Gasteiger partial charge in [0.2, 0.25) is 0 Å². The van der Waals surface area contributed by atoms with Crippen LogP contribution in [0.25, 0.3) is 10.9 Å². The van der Waals surface area contributed by atoms with Crippen molar-refractivity contribution in [1.82, 2.24) is 15.2 Å². The number of phenolic OH excluding ortho intramolecular Hbond substituents is 1. The minimum absolute atomic E-state index is 0.0442. The molecular formula is C24H31N3O3. The van der Waals surface area contributed by atoms with Crippen LogP contribution in [0.4, 0.5) is 0 Å². The van der Waals surface area contributed by atoms with E-state index in [1.807, 2.05) is 50.1 Å². The summed E-state index contributed by atoms with van der Waals surface area (Å²) in [6, 6.07) is 12.3. The van der Waals surface area contributed by atoms with Crippen LogP contribution in [-0.4, -0.2) is 51.7 Å². The highest BCUT2D eigenvalue weighted by Crippen LogP contribution is 2.24. The Morgan fingerprint density at radius 1 is 1.13 bits per heavy atom. The van der Waals surface area contributed by atoms with Gasteiger partial charge in [-0.1, -0.05) is 24.3 Å². The number of aliphatic hydroxyl groups is 1. The number of amides is 1. The number of aromatic amines is 1. The fourth-order valence-electron chi connectivity index (χ4n) is 3.78. The second-order valence-electron chi connectivity index (χ2n) is 7.55. The van der Waals surface area contributed by atoms with E-state index >= 15 is 0 Å². The molecule has 0 saturated carbocycles. The van der Waals surface area contributed by atoms with Gasteiger partial charge in [0, 0.05) is 30.7 Å². The van der Waals surface area contributed by atoms with Crippen molar-refractivity contribution in [3.8, 4) is 5.75 Å². The maximum atomic E-state index is 12.8. The maximum absolute atomic E-state index is 12.8. The number of rotatable bonds is 9. The summed E-state index contributed by atoms with van der Waals surface area (Å²) in [5.74, 6) is 0.229. The van der Waals surface area contributed by atoms with E-state index in [4.69, 9.17) is 0 Å². The van der Waals surface area contributed by atoms with Crippen molar-refractivity contribution >= 4 is 16.8 Å². The quantitative estimate of drug-likeness (QED) is 0.435. The fourth-order valence-corrected chi connectivity index (χ4v) is 3.78. The number of H-pyrrole nitrogens is 1. The van der Waals surface area contributed by atoms with Gasteiger partial charge in [-0.15, -0.1) is 0 Å². The largest absolute Gasteiger partial charge is 0.508 e. The molecule has 1 aromatic heterocycles. The Hall–Kier alpha value is -2.83. The number of nitrogens with zero attached hydrogens (tertiary/aromatic N) is 1. The predicted octanol–water partition coefficient (Wildman–Crippen LogP) is 3.61. The summed E-state index contributed by atoms with van der Waals surface area (Å²) in [6.45, 7) is 7.97. The van der Waals surface area contributed by atoms with Crippen LogP contribution in [0.1, 0.15) is 48.4 Å². The Bertz CT molecular complexity index is 977. The number of fused-ring (bicyclic) bond motifs is 1. The molecule has 0 aliphatic rings. The zero-order valence-corrected chi connectivity index (χ0v) is 17.9. The molecule has 0 aliphatic heterocycles. The Labute approximate surface area is 177 Å².